The second-order valence-corrected chi connectivity index (χ2v) is 18.8. The first-order valence-corrected chi connectivity index (χ1v) is 26.5. The van der Waals surface area contributed by atoms with Gasteiger partial charge in [-0.1, -0.05) is 184 Å². The van der Waals surface area contributed by atoms with Crippen molar-refractivity contribution in [3.8, 4) is 0 Å². The zero-order valence-corrected chi connectivity index (χ0v) is 42.6. The summed E-state index contributed by atoms with van der Waals surface area (Å²) in [6.45, 7) is 4.82. The number of carboxylic acid groups (broad SMARTS) is 1. The van der Waals surface area contributed by atoms with E-state index in [0.717, 1.165) is 77.0 Å². The lowest BCUT2D eigenvalue weighted by atomic mass is 10.0. The summed E-state index contributed by atoms with van der Waals surface area (Å²) in [6, 6.07) is 0. The van der Waals surface area contributed by atoms with Crippen molar-refractivity contribution >= 4 is 17.9 Å². The summed E-state index contributed by atoms with van der Waals surface area (Å²) in [6.07, 6.45) is 55.7. The Bertz CT molecular complexity index is 1250. The molecule has 376 valence electrons. The van der Waals surface area contributed by atoms with E-state index in [9.17, 15) is 19.5 Å². The maximum atomic E-state index is 12.8. The molecule has 0 aromatic carbocycles. The van der Waals surface area contributed by atoms with Crippen molar-refractivity contribution in [3.63, 3.8) is 0 Å². The van der Waals surface area contributed by atoms with Crippen LogP contribution in [0.1, 0.15) is 219 Å². The topological polar surface area (TPSA) is 108 Å². The Morgan fingerprint density at radius 1 is 0.462 bits per heavy atom. The molecular formula is C56H100NO8+. The van der Waals surface area contributed by atoms with Crippen LogP contribution in [0.25, 0.3) is 0 Å². The number of likely N-dealkylation sites (N-methyl/N-ethyl adjacent to an activating group) is 1. The number of hydrogen-bond donors (Lipinski definition) is 1. The summed E-state index contributed by atoms with van der Waals surface area (Å²) >= 11 is 0. The highest BCUT2D eigenvalue weighted by Crippen LogP contribution is 2.14. The summed E-state index contributed by atoms with van der Waals surface area (Å²) in [7, 11) is 5.95. The van der Waals surface area contributed by atoms with E-state index >= 15 is 0 Å². The molecule has 9 nitrogen and oxygen atoms in total. The van der Waals surface area contributed by atoms with Crippen LogP contribution in [-0.4, -0.2) is 87.4 Å². The van der Waals surface area contributed by atoms with Gasteiger partial charge in [0, 0.05) is 12.8 Å². The monoisotopic (exact) mass is 915 g/mol. The van der Waals surface area contributed by atoms with Crippen LogP contribution in [0.4, 0.5) is 0 Å². The Balaban J connectivity index is 4.32. The number of quaternary nitrogens is 1. The van der Waals surface area contributed by atoms with Crippen LogP contribution in [0.15, 0.2) is 60.8 Å². The summed E-state index contributed by atoms with van der Waals surface area (Å²) in [5.74, 6) is -2.03. The molecule has 0 fully saturated rings. The third-order valence-corrected chi connectivity index (χ3v) is 11.2. The molecule has 2 unspecified atom stereocenters. The van der Waals surface area contributed by atoms with Gasteiger partial charge in [-0.25, -0.2) is 4.79 Å². The van der Waals surface area contributed by atoms with E-state index in [1.54, 1.807) is 0 Å². The Labute approximate surface area is 399 Å². The van der Waals surface area contributed by atoms with Gasteiger partial charge in [-0.05, 0) is 83.5 Å². The summed E-state index contributed by atoms with van der Waals surface area (Å²) in [5.41, 5.74) is 0. The standard InChI is InChI=1S/C56H99NO8/c1-6-8-10-12-14-16-18-20-22-23-24-25-26-27-28-29-30-31-33-35-37-39-41-43-45-47-54(59)65-52(51-64-56(55(60)61)62-49-48-57(3,4)5)50-63-53(58)46-44-42-40-38-36-34-32-21-19-17-15-13-11-9-7-2/h15,17-18,20-21,23-24,26-27,32,52,56H,6-14,16,19,22,25,28-31,33-51H2,1-5H3/p+1/b17-15-,20-18-,24-23-,27-26-,32-21-. The largest absolute Gasteiger partial charge is 0.477 e. The number of nitrogens with zero attached hydrogens (tertiary/aromatic N) is 1. The van der Waals surface area contributed by atoms with Gasteiger partial charge in [-0.15, -0.1) is 0 Å². The van der Waals surface area contributed by atoms with Gasteiger partial charge >= 0.3 is 17.9 Å². The van der Waals surface area contributed by atoms with Gasteiger partial charge in [0.1, 0.15) is 13.2 Å². The SMILES string of the molecule is CCCCC/C=C\C/C=C\CCCCCCCC(=O)OCC(COC(OCC[N+](C)(C)C)C(=O)O)OC(=O)CCCCCCCCCCCC/C=C\C/C=C\C/C=C\CCCCCCC. The number of esters is 2. The highest BCUT2D eigenvalue weighted by atomic mass is 16.7. The first-order chi connectivity index (χ1) is 31.6. The van der Waals surface area contributed by atoms with Crippen molar-refractivity contribution in [2.45, 2.75) is 232 Å². The maximum absolute atomic E-state index is 12.8. The van der Waals surface area contributed by atoms with Crippen LogP contribution < -0.4 is 0 Å². The average Bonchev–Trinajstić information content (AvgIpc) is 3.27. The van der Waals surface area contributed by atoms with Crippen LogP contribution in [-0.2, 0) is 33.3 Å². The van der Waals surface area contributed by atoms with Crippen molar-refractivity contribution in [1.29, 1.82) is 0 Å². The normalized spacial score (nSPS) is 13.3. The molecule has 0 aliphatic carbocycles. The van der Waals surface area contributed by atoms with Crippen LogP contribution in [0.3, 0.4) is 0 Å². The summed E-state index contributed by atoms with van der Waals surface area (Å²) in [4.78, 5) is 37.3. The van der Waals surface area contributed by atoms with Gasteiger partial charge in [0.2, 0.25) is 0 Å². The lowest BCUT2D eigenvalue weighted by Gasteiger charge is -2.25. The van der Waals surface area contributed by atoms with Gasteiger partial charge in [0.05, 0.1) is 34.4 Å². The molecule has 65 heavy (non-hydrogen) atoms. The van der Waals surface area contributed by atoms with E-state index in [1.165, 1.54) is 109 Å². The zero-order valence-electron chi connectivity index (χ0n) is 42.6. The van der Waals surface area contributed by atoms with Gasteiger partial charge in [0.15, 0.2) is 6.10 Å². The maximum Gasteiger partial charge on any atom is 0.361 e. The van der Waals surface area contributed by atoms with Crippen LogP contribution in [0, 0.1) is 0 Å². The lowest BCUT2D eigenvalue weighted by Crippen LogP contribution is -2.40. The van der Waals surface area contributed by atoms with Crippen molar-refractivity contribution in [1.82, 2.24) is 0 Å². The Morgan fingerprint density at radius 2 is 0.831 bits per heavy atom. The van der Waals surface area contributed by atoms with Crippen molar-refractivity contribution in [2.75, 3.05) is 47.5 Å². The molecule has 0 rings (SSSR count). The molecule has 2 atom stereocenters. The highest BCUT2D eigenvalue weighted by molar-refractivity contribution is 5.71. The predicted molar refractivity (Wildman–Crippen MR) is 272 cm³/mol. The molecule has 0 aromatic rings. The molecule has 0 amide bonds. The van der Waals surface area contributed by atoms with Crippen LogP contribution in [0.2, 0.25) is 0 Å². The van der Waals surface area contributed by atoms with E-state index in [0.29, 0.717) is 17.4 Å². The van der Waals surface area contributed by atoms with Gasteiger partial charge < -0.3 is 28.5 Å². The minimum atomic E-state index is -1.52. The number of carbonyl (C=O) groups excluding carboxylic acids is 2. The van der Waals surface area contributed by atoms with Crippen molar-refractivity contribution in [2.24, 2.45) is 0 Å². The number of carboxylic acids is 1. The molecule has 0 saturated carbocycles. The fourth-order valence-electron chi connectivity index (χ4n) is 7.11. The lowest BCUT2D eigenvalue weighted by molar-refractivity contribution is -0.870. The summed E-state index contributed by atoms with van der Waals surface area (Å²) in [5, 5.41) is 9.67. The zero-order chi connectivity index (χ0) is 47.7. The Kier molecular flexibility index (Phi) is 45.3. The van der Waals surface area contributed by atoms with Crippen molar-refractivity contribution in [3.05, 3.63) is 60.8 Å². The molecule has 0 bridgehead atoms. The molecule has 9 heteroatoms. The van der Waals surface area contributed by atoms with Crippen LogP contribution >= 0.6 is 0 Å². The van der Waals surface area contributed by atoms with Crippen molar-refractivity contribution < 1.29 is 42.9 Å². The van der Waals surface area contributed by atoms with Gasteiger partial charge in [0.25, 0.3) is 6.29 Å². The number of allylic oxidation sites excluding steroid dienone is 10. The number of hydrogen-bond acceptors (Lipinski definition) is 7. The fourth-order valence-corrected chi connectivity index (χ4v) is 7.11. The van der Waals surface area contributed by atoms with E-state index in [1.807, 2.05) is 21.1 Å². The molecular weight excluding hydrogens is 815 g/mol. The van der Waals surface area contributed by atoms with E-state index in [4.69, 9.17) is 18.9 Å². The molecule has 0 aromatic heterocycles. The third-order valence-electron chi connectivity index (χ3n) is 11.2. The number of ether oxygens (including phenoxy) is 4. The van der Waals surface area contributed by atoms with Gasteiger partial charge in [-0.2, -0.15) is 0 Å². The average molecular weight is 915 g/mol. The number of rotatable bonds is 48. The quantitative estimate of drug-likeness (QED) is 0.0211. The molecule has 0 saturated heterocycles. The molecule has 0 aliphatic rings. The fraction of sp³-hybridized carbons (Fsp3) is 0.768. The molecule has 0 heterocycles. The van der Waals surface area contributed by atoms with E-state index < -0.39 is 24.3 Å². The number of aliphatic carboxylic acids is 1. The second-order valence-electron chi connectivity index (χ2n) is 18.8. The molecule has 0 radical (unpaired) electrons. The second kappa shape index (κ2) is 47.5. The first-order valence-electron chi connectivity index (χ1n) is 26.5. The smallest absolute Gasteiger partial charge is 0.361 e. The Morgan fingerprint density at radius 3 is 1.26 bits per heavy atom. The first kappa shape index (κ1) is 62.0. The highest BCUT2D eigenvalue weighted by Gasteiger charge is 2.25. The number of unbranched alkanes of at least 4 members (excludes halogenated alkanes) is 23. The van der Waals surface area contributed by atoms with Crippen LogP contribution in [0.5, 0.6) is 0 Å². The summed E-state index contributed by atoms with van der Waals surface area (Å²) < 4.78 is 22.8. The van der Waals surface area contributed by atoms with E-state index in [-0.39, 0.29) is 38.6 Å². The number of carbonyl (C=O) groups is 3. The van der Waals surface area contributed by atoms with E-state index in [2.05, 4.69) is 74.6 Å². The third kappa shape index (κ3) is 48.7. The molecule has 0 spiro atoms. The molecule has 1 N–H and O–H groups in total. The minimum Gasteiger partial charge on any atom is -0.477 e. The molecule has 0 aliphatic heterocycles. The minimum absolute atomic E-state index is 0.182. The van der Waals surface area contributed by atoms with Gasteiger partial charge in [-0.3, -0.25) is 9.59 Å². The Hall–Kier alpha value is -3.01. The predicted octanol–water partition coefficient (Wildman–Crippen LogP) is 14.9.